The maximum absolute atomic E-state index is 12.6. The number of thioether (sulfide) groups is 1. The van der Waals surface area contributed by atoms with Gasteiger partial charge in [-0.1, -0.05) is 12.1 Å². The SMILES string of the molecule is Cc1cccc(NC(=O)C2CSCN2C(=O)c2occc2C)c1. The Labute approximate surface area is 139 Å². The summed E-state index contributed by atoms with van der Waals surface area (Å²) < 4.78 is 5.27. The zero-order valence-electron chi connectivity index (χ0n) is 13.0. The van der Waals surface area contributed by atoms with Crippen molar-refractivity contribution in [2.45, 2.75) is 19.9 Å². The van der Waals surface area contributed by atoms with Crippen LogP contribution in [0.15, 0.2) is 41.0 Å². The van der Waals surface area contributed by atoms with Crippen molar-refractivity contribution >= 4 is 29.3 Å². The molecule has 2 heterocycles. The summed E-state index contributed by atoms with van der Waals surface area (Å²) in [5.41, 5.74) is 2.60. The quantitative estimate of drug-likeness (QED) is 0.939. The minimum absolute atomic E-state index is 0.168. The molecule has 0 aliphatic carbocycles. The molecule has 0 saturated carbocycles. The maximum Gasteiger partial charge on any atom is 0.291 e. The van der Waals surface area contributed by atoms with Crippen molar-refractivity contribution in [3.05, 3.63) is 53.5 Å². The van der Waals surface area contributed by atoms with Gasteiger partial charge in [-0.2, -0.15) is 0 Å². The van der Waals surface area contributed by atoms with Crippen LogP contribution in [-0.2, 0) is 4.79 Å². The van der Waals surface area contributed by atoms with E-state index in [9.17, 15) is 9.59 Å². The lowest BCUT2D eigenvalue weighted by atomic mass is 10.2. The van der Waals surface area contributed by atoms with E-state index in [0.717, 1.165) is 16.8 Å². The van der Waals surface area contributed by atoms with Crippen molar-refractivity contribution in [2.24, 2.45) is 0 Å². The zero-order chi connectivity index (χ0) is 16.4. The Bertz CT molecular complexity index is 741. The number of hydrogen-bond donors (Lipinski definition) is 1. The fourth-order valence-corrected chi connectivity index (χ4v) is 3.68. The minimum atomic E-state index is -0.488. The Kier molecular flexibility index (Phi) is 4.43. The molecule has 1 unspecified atom stereocenters. The van der Waals surface area contributed by atoms with Gasteiger partial charge in [0.05, 0.1) is 12.1 Å². The highest BCUT2D eigenvalue weighted by Gasteiger charge is 2.36. The predicted molar refractivity (Wildman–Crippen MR) is 90.5 cm³/mol. The number of aryl methyl sites for hydroxylation is 2. The van der Waals surface area contributed by atoms with E-state index >= 15 is 0 Å². The summed E-state index contributed by atoms with van der Waals surface area (Å²) in [5, 5.41) is 2.89. The number of carbonyl (C=O) groups is 2. The van der Waals surface area contributed by atoms with E-state index in [0.29, 0.717) is 17.4 Å². The fraction of sp³-hybridized carbons (Fsp3) is 0.294. The largest absolute Gasteiger partial charge is 0.459 e. The minimum Gasteiger partial charge on any atom is -0.459 e. The van der Waals surface area contributed by atoms with Gasteiger partial charge in [0.25, 0.3) is 5.91 Å². The van der Waals surface area contributed by atoms with Crippen LogP contribution in [0.25, 0.3) is 0 Å². The summed E-state index contributed by atoms with van der Waals surface area (Å²) in [6.07, 6.45) is 1.49. The standard InChI is InChI=1S/C17H18N2O3S/c1-11-4-3-5-13(8-11)18-16(20)14-9-23-10-19(14)17(21)15-12(2)6-7-22-15/h3-8,14H,9-10H2,1-2H3,(H,18,20). The van der Waals surface area contributed by atoms with Gasteiger partial charge in [-0.15, -0.1) is 11.8 Å². The fourth-order valence-electron chi connectivity index (χ4n) is 2.53. The molecule has 1 aromatic carbocycles. The third kappa shape index (κ3) is 3.27. The molecule has 1 aliphatic rings. The van der Waals surface area contributed by atoms with Crippen LogP contribution in [-0.4, -0.2) is 34.4 Å². The third-order valence-electron chi connectivity index (χ3n) is 3.79. The number of amides is 2. The summed E-state index contributed by atoms with van der Waals surface area (Å²) in [6, 6.07) is 8.87. The van der Waals surface area contributed by atoms with E-state index in [1.54, 1.807) is 22.7 Å². The molecule has 1 N–H and O–H groups in total. The second kappa shape index (κ2) is 6.50. The number of hydrogen-bond acceptors (Lipinski definition) is 4. The first-order valence-electron chi connectivity index (χ1n) is 7.36. The third-order valence-corrected chi connectivity index (χ3v) is 4.80. The molecule has 0 spiro atoms. The van der Waals surface area contributed by atoms with Crippen LogP contribution in [0.2, 0.25) is 0 Å². The van der Waals surface area contributed by atoms with Crippen LogP contribution < -0.4 is 5.32 Å². The van der Waals surface area contributed by atoms with E-state index in [4.69, 9.17) is 4.42 Å². The van der Waals surface area contributed by atoms with Crippen molar-refractivity contribution in [2.75, 3.05) is 16.9 Å². The summed E-state index contributed by atoms with van der Waals surface area (Å²) in [6.45, 7) is 3.79. The van der Waals surface area contributed by atoms with Gasteiger partial charge in [-0.25, -0.2) is 0 Å². The van der Waals surface area contributed by atoms with Crippen molar-refractivity contribution in [1.82, 2.24) is 4.90 Å². The first kappa shape index (κ1) is 15.7. The van der Waals surface area contributed by atoms with E-state index in [-0.39, 0.29) is 11.8 Å². The van der Waals surface area contributed by atoms with Crippen LogP contribution in [0.5, 0.6) is 0 Å². The molecule has 1 atom stereocenters. The molecule has 1 aromatic heterocycles. The molecule has 1 aliphatic heterocycles. The molecule has 23 heavy (non-hydrogen) atoms. The zero-order valence-corrected chi connectivity index (χ0v) is 13.9. The number of anilines is 1. The van der Waals surface area contributed by atoms with Gasteiger partial charge in [0.2, 0.25) is 5.91 Å². The summed E-state index contributed by atoms with van der Waals surface area (Å²) in [5.74, 6) is 0.981. The lowest BCUT2D eigenvalue weighted by Crippen LogP contribution is -2.44. The second-order valence-corrected chi connectivity index (χ2v) is 6.58. The van der Waals surface area contributed by atoms with Gasteiger partial charge in [0.1, 0.15) is 6.04 Å². The van der Waals surface area contributed by atoms with Gasteiger partial charge in [0, 0.05) is 17.0 Å². The summed E-state index contributed by atoms with van der Waals surface area (Å²) in [7, 11) is 0. The molecule has 6 heteroatoms. The Balaban J connectivity index is 1.75. The van der Waals surface area contributed by atoms with Crippen molar-refractivity contribution in [3.63, 3.8) is 0 Å². The molecule has 2 amide bonds. The molecule has 0 bridgehead atoms. The monoisotopic (exact) mass is 330 g/mol. The number of furan rings is 1. The van der Waals surface area contributed by atoms with Gasteiger partial charge >= 0.3 is 0 Å². The van der Waals surface area contributed by atoms with Gasteiger partial charge < -0.3 is 14.6 Å². The predicted octanol–water partition coefficient (Wildman–Crippen LogP) is 3.05. The topological polar surface area (TPSA) is 62.6 Å². The van der Waals surface area contributed by atoms with E-state index in [1.807, 2.05) is 38.1 Å². The van der Waals surface area contributed by atoms with Gasteiger partial charge in [-0.3, -0.25) is 9.59 Å². The summed E-state index contributed by atoms with van der Waals surface area (Å²) >= 11 is 1.57. The highest BCUT2D eigenvalue weighted by Crippen LogP contribution is 2.25. The summed E-state index contributed by atoms with van der Waals surface area (Å²) in [4.78, 5) is 26.7. The van der Waals surface area contributed by atoms with Gasteiger partial charge in [0.15, 0.2) is 5.76 Å². The Hall–Kier alpha value is -2.21. The average Bonchev–Trinajstić information content (AvgIpc) is 3.15. The Morgan fingerprint density at radius 3 is 2.83 bits per heavy atom. The Morgan fingerprint density at radius 1 is 1.30 bits per heavy atom. The lowest BCUT2D eigenvalue weighted by molar-refractivity contribution is -0.119. The number of benzene rings is 1. The normalized spacial score (nSPS) is 17.3. The van der Waals surface area contributed by atoms with Gasteiger partial charge in [-0.05, 0) is 37.6 Å². The first-order chi connectivity index (χ1) is 11.1. The van der Waals surface area contributed by atoms with Crippen LogP contribution in [0, 0.1) is 13.8 Å². The van der Waals surface area contributed by atoms with Crippen molar-refractivity contribution in [1.29, 1.82) is 0 Å². The van der Waals surface area contributed by atoms with Crippen LogP contribution >= 0.6 is 11.8 Å². The van der Waals surface area contributed by atoms with Crippen molar-refractivity contribution < 1.29 is 14.0 Å². The first-order valence-corrected chi connectivity index (χ1v) is 8.52. The highest BCUT2D eigenvalue weighted by atomic mass is 32.2. The maximum atomic E-state index is 12.6. The highest BCUT2D eigenvalue weighted by molar-refractivity contribution is 7.99. The average molecular weight is 330 g/mol. The molecule has 5 nitrogen and oxygen atoms in total. The smallest absolute Gasteiger partial charge is 0.291 e. The molecule has 0 radical (unpaired) electrons. The lowest BCUT2D eigenvalue weighted by Gasteiger charge is -2.22. The second-order valence-electron chi connectivity index (χ2n) is 5.58. The molecule has 3 rings (SSSR count). The molecular formula is C17H18N2O3S. The molecular weight excluding hydrogens is 312 g/mol. The van der Waals surface area contributed by atoms with Crippen LogP contribution in [0.4, 0.5) is 5.69 Å². The van der Waals surface area contributed by atoms with E-state index in [2.05, 4.69) is 5.32 Å². The number of nitrogens with one attached hydrogen (secondary N) is 1. The molecule has 1 saturated heterocycles. The molecule has 120 valence electrons. The Morgan fingerprint density at radius 2 is 2.13 bits per heavy atom. The van der Waals surface area contributed by atoms with E-state index in [1.165, 1.54) is 6.26 Å². The number of rotatable bonds is 3. The van der Waals surface area contributed by atoms with E-state index < -0.39 is 6.04 Å². The van der Waals surface area contributed by atoms with Crippen LogP contribution in [0.3, 0.4) is 0 Å². The van der Waals surface area contributed by atoms with Crippen LogP contribution in [0.1, 0.15) is 21.7 Å². The number of nitrogens with zero attached hydrogens (tertiary/aromatic N) is 1. The molecule has 2 aromatic rings. The van der Waals surface area contributed by atoms with Crippen molar-refractivity contribution in [3.8, 4) is 0 Å². The number of carbonyl (C=O) groups excluding carboxylic acids is 2. The molecule has 1 fully saturated rings.